The molecule has 11 heteroatoms. The highest BCUT2D eigenvalue weighted by molar-refractivity contribution is 5.89. The molecule has 3 aromatic rings. The Morgan fingerprint density at radius 3 is 2.64 bits per heavy atom. The molecule has 0 bridgehead atoms. The van der Waals surface area contributed by atoms with Crippen molar-refractivity contribution >= 4 is 5.91 Å². The fraction of sp³-hybridized carbons (Fsp3) is 0.294. The normalized spacial score (nSPS) is 10.8. The molecule has 0 radical (unpaired) electrons. The van der Waals surface area contributed by atoms with E-state index in [-0.39, 0.29) is 24.0 Å². The fourth-order valence-corrected chi connectivity index (χ4v) is 2.32. The summed E-state index contributed by atoms with van der Waals surface area (Å²) in [6, 6.07) is 7.02. The zero-order chi connectivity index (χ0) is 20.3. The largest absolute Gasteiger partial charge is 0.383 e. The fourth-order valence-electron chi connectivity index (χ4n) is 2.32. The number of carbonyl (C=O) groups is 1. The number of aryl methyl sites for hydroxylation is 1. The summed E-state index contributed by atoms with van der Waals surface area (Å²) in [4.78, 5) is 40.8. The molecule has 2 heterocycles. The Bertz CT molecular complexity index is 1110. The number of nitrogens with zero attached hydrogens (tertiary/aromatic N) is 5. The number of hydrogen-bond donors (Lipinski definition) is 1. The van der Waals surface area contributed by atoms with E-state index in [9.17, 15) is 14.4 Å². The Labute approximate surface area is 158 Å². The molecule has 0 aliphatic heterocycles. The monoisotopic (exact) mass is 386 g/mol. The van der Waals surface area contributed by atoms with Gasteiger partial charge in [-0.3, -0.25) is 14.2 Å². The van der Waals surface area contributed by atoms with Crippen molar-refractivity contribution in [3.8, 4) is 17.2 Å². The molecule has 1 N–H and O–H groups in total. The number of aromatic nitrogens is 5. The molecule has 1 amide bonds. The topological polar surface area (TPSA) is 134 Å². The van der Waals surface area contributed by atoms with Crippen LogP contribution in [0, 0.1) is 6.92 Å². The molecule has 0 aliphatic carbocycles. The maximum Gasteiger partial charge on any atom is 0.351 e. The molecule has 1 aromatic carbocycles. The second-order valence-corrected chi connectivity index (χ2v) is 5.91. The number of rotatable bonds is 6. The van der Waals surface area contributed by atoms with Gasteiger partial charge in [0, 0.05) is 20.7 Å². The minimum Gasteiger partial charge on any atom is -0.383 e. The average Bonchev–Trinajstić information content (AvgIpc) is 3.17. The van der Waals surface area contributed by atoms with E-state index in [2.05, 4.69) is 20.6 Å². The number of methoxy groups -OCH3 is 1. The first-order valence-corrected chi connectivity index (χ1v) is 8.31. The predicted octanol–water partition coefficient (Wildman–Crippen LogP) is -0.334. The number of hydrogen-bond acceptors (Lipinski definition) is 8. The molecule has 11 nitrogen and oxygen atoms in total. The first-order valence-electron chi connectivity index (χ1n) is 8.31. The number of nitrogens with one attached hydrogen (secondary N) is 1. The summed E-state index contributed by atoms with van der Waals surface area (Å²) in [6.45, 7) is 2.48. The molecule has 0 spiro atoms. The van der Waals surface area contributed by atoms with E-state index in [0.29, 0.717) is 12.3 Å². The Morgan fingerprint density at radius 1 is 1.25 bits per heavy atom. The van der Waals surface area contributed by atoms with Crippen molar-refractivity contribution in [2.75, 3.05) is 20.3 Å². The predicted molar refractivity (Wildman–Crippen MR) is 97.3 cm³/mol. The average molecular weight is 386 g/mol. The zero-order valence-electron chi connectivity index (χ0n) is 15.5. The van der Waals surface area contributed by atoms with Crippen molar-refractivity contribution in [2.45, 2.75) is 6.92 Å². The summed E-state index contributed by atoms with van der Waals surface area (Å²) in [5.74, 6) is -1.14. The van der Waals surface area contributed by atoms with Crippen LogP contribution < -0.4 is 16.6 Å². The quantitative estimate of drug-likeness (QED) is 0.569. The van der Waals surface area contributed by atoms with E-state index in [0.717, 1.165) is 14.8 Å². The second-order valence-electron chi connectivity index (χ2n) is 5.91. The highest BCUT2D eigenvalue weighted by atomic mass is 16.5. The lowest BCUT2D eigenvalue weighted by Gasteiger charge is -2.08. The Balaban J connectivity index is 2.01. The Hall–Kier alpha value is -3.60. The third kappa shape index (κ3) is 3.74. The number of amides is 1. The third-order valence-corrected chi connectivity index (χ3v) is 3.88. The lowest BCUT2D eigenvalue weighted by atomic mass is 10.2. The summed E-state index contributed by atoms with van der Waals surface area (Å²) in [6.07, 6.45) is 0. The summed E-state index contributed by atoms with van der Waals surface area (Å²) in [7, 11) is 2.82. The first-order chi connectivity index (χ1) is 13.4. The van der Waals surface area contributed by atoms with E-state index < -0.39 is 17.2 Å². The van der Waals surface area contributed by atoms with Gasteiger partial charge in [0.25, 0.3) is 5.56 Å². The van der Waals surface area contributed by atoms with Gasteiger partial charge < -0.3 is 14.6 Å². The van der Waals surface area contributed by atoms with Crippen LogP contribution in [0.5, 0.6) is 0 Å². The van der Waals surface area contributed by atoms with Gasteiger partial charge in [-0.15, -0.1) is 0 Å². The molecule has 146 valence electrons. The molecule has 0 atom stereocenters. The number of carbonyl (C=O) groups excluding carboxylic acids is 1. The van der Waals surface area contributed by atoms with Crippen LogP contribution in [0.4, 0.5) is 0 Å². The van der Waals surface area contributed by atoms with Crippen LogP contribution in [0.15, 0.2) is 38.4 Å². The molecule has 28 heavy (non-hydrogen) atoms. The van der Waals surface area contributed by atoms with E-state index in [1.165, 1.54) is 14.2 Å². The van der Waals surface area contributed by atoms with Crippen molar-refractivity contribution in [3.63, 3.8) is 0 Å². The summed E-state index contributed by atoms with van der Waals surface area (Å²) >= 11 is 0. The minimum atomic E-state index is -0.708. The van der Waals surface area contributed by atoms with Gasteiger partial charge in [0.1, 0.15) is 0 Å². The minimum absolute atomic E-state index is 0.196. The molecular weight excluding hydrogens is 368 g/mol. The smallest absolute Gasteiger partial charge is 0.351 e. The van der Waals surface area contributed by atoms with Crippen molar-refractivity contribution in [2.24, 2.45) is 7.05 Å². The lowest BCUT2D eigenvalue weighted by molar-refractivity contribution is 0.0893. The van der Waals surface area contributed by atoms with E-state index in [4.69, 9.17) is 9.26 Å². The van der Waals surface area contributed by atoms with Crippen molar-refractivity contribution in [3.05, 3.63) is 56.6 Å². The van der Waals surface area contributed by atoms with Gasteiger partial charge in [-0.25, -0.2) is 4.79 Å². The SMILES string of the molecule is COCCNC(=O)c1nc(-c2nn(-c3ccc(C)cc3)c(=O)n(C)c2=O)no1. The molecule has 0 saturated carbocycles. The van der Waals surface area contributed by atoms with Crippen LogP contribution in [0.2, 0.25) is 0 Å². The van der Waals surface area contributed by atoms with Crippen molar-refractivity contribution < 1.29 is 14.1 Å². The maximum absolute atomic E-state index is 12.5. The lowest BCUT2D eigenvalue weighted by Crippen LogP contribution is -2.40. The Kier molecular flexibility index (Phi) is 5.45. The summed E-state index contributed by atoms with van der Waals surface area (Å²) < 4.78 is 11.7. The van der Waals surface area contributed by atoms with E-state index in [1.807, 2.05) is 19.1 Å². The molecule has 3 rings (SSSR count). The Morgan fingerprint density at radius 2 is 1.96 bits per heavy atom. The van der Waals surface area contributed by atoms with Gasteiger partial charge >= 0.3 is 17.5 Å². The molecule has 0 saturated heterocycles. The second kappa shape index (κ2) is 7.96. The molecule has 0 unspecified atom stereocenters. The van der Waals surface area contributed by atoms with Gasteiger partial charge in [-0.05, 0) is 19.1 Å². The zero-order valence-corrected chi connectivity index (χ0v) is 15.5. The van der Waals surface area contributed by atoms with Crippen LogP contribution in [0.1, 0.15) is 16.2 Å². The highest BCUT2D eigenvalue weighted by Gasteiger charge is 2.21. The number of ether oxygens (including phenoxy) is 1. The molecule has 0 aliphatic rings. The standard InChI is InChI=1S/C17H18N6O5/c1-10-4-6-11(7-5-10)23-17(26)22(2)16(25)12(20-23)13-19-15(28-21-13)14(24)18-8-9-27-3/h4-7H,8-9H2,1-3H3,(H,18,24). The van der Waals surface area contributed by atoms with Crippen molar-refractivity contribution in [1.82, 2.24) is 29.8 Å². The summed E-state index contributed by atoms with van der Waals surface area (Å²) in [5.41, 5.74) is -0.0842. The molecular formula is C17H18N6O5. The van der Waals surface area contributed by atoms with Crippen LogP contribution in [-0.2, 0) is 11.8 Å². The number of benzene rings is 1. The van der Waals surface area contributed by atoms with E-state index >= 15 is 0 Å². The maximum atomic E-state index is 12.5. The van der Waals surface area contributed by atoms with Gasteiger partial charge in [0.05, 0.1) is 12.3 Å². The van der Waals surface area contributed by atoms with Gasteiger partial charge in [-0.1, -0.05) is 22.9 Å². The van der Waals surface area contributed by atoms with Gasteiger partial charge in [-0.2, -0.15) is 14.8 Å². The van der Waals surface area contributed by atoms with Crippen LogP contribution in [0.25, 0.3) is 17.2 Å². The van der Waals surface area contributed by atoms with E-state index in [1.54, 1.807) is 12.1 Å². The van der Waals surface area contributed by atoms with Crippen molar-refractivity contribution in [1.29, 1.82) is 0 Å². The summed E-state index contributed by atoms with van der Waals surface area (Å²) in [5, 5.41) is 10.3. The van der Waals surface area contributed by atoms with Gasteiger partial charge in [0.2, 0.25) is 5.82 Å². The third-order valence-electron chi connectivity index (χ3n) is 3.88. The van der Waals surface area contributed by atoms with Crippen LogP contribution in [0.3, 0.4) is 0 Å². The van der Waals surface area contributed by atoms with Crippen LogP contribution >= 0.6 is 0 Å². The first kappa shape index (κ1) is 19.2. The van der Waals surface area contributed by atoms with Crippen LogP contribution in [-0.4, -0.2) is 50.7 Å². The van der Waals surface area contributed by atoms with Gasteiger partial charge in [0.15, 0.2) is 5.69 Å². The molecule has 0 fully saturated rings. The molecule has 2 aromatic heterocycles. The highest BCUT2D eigenvalue weighted by Crippen LogP contribution is 2.10.